The van der Waals surface area contributed by atoms with Crippen molar-refractivity contribution in [1.82, 2.24) is 10.2 Å². The van der Waals surface area contributed by atoms with Gasteiger partial charge < -0.3 is 15.3 Å². The predicted octanol–water partition coefficient (Wildman–Crippen LogP) is 0.715. The normalized spacial score (nSPS) is 15.6. The third kappa shape index (κ3) is 4.80. The largest absolute Gasteiger partial charge is 0.396 e. The Morgan fingerprint density at radius 1 is 1.32 bits per heavy atom. The van der Waals surface area contributed by atoms with E-state index in [1.54, 1.807) is 17.0 Å². The second-order valence-electron chi connectivity index (χ2n) is 5.59. The van der Waals surface area contributed by atoms with Crippen molar-refractivity contribution in [2.24, 2.45) is 5.92 Å². The number of halogens is 1. The minimum Gasteiger partial charge on any atom is -0.396 e. The van der Waals surface area contributed by atoms with Gasteiger partial charge in [0.1, 0.15) is 5.82 Å². The average Bonchev–Trinajstić information content (AvgIpc) is 2.52. The maximum absolute atomic E-state index is 13.0. The summed E-state index contributed by atoms with van der Waals surface area (Å²) in [6, 6.07) is 5.85. The van der Waals surface area contributed by atoms with E-state index in [2.05, 4.69) is 5.32 Å². The first-order chi connectivity index (χ1) is 10.6. The summed E-state index contributed by atoms with van der Waals surface area (Å²) in [5, 5.41) is 11.6. The smallest absolute Gasteiger partial charge is 0.241 e. The Balaban J connectivity index is 1.73. The van der Waals surface area contributed by atoms with E-state index in [0.717, 1.165) is 12.8 Å². The zero-order chi connectivity index (χ0) is 15.9. The fourth-order valence-electron chi connectivity index (χ4n) is 2.55. The molecule has 2 rings (SSSR count). The van der Waals surface area contributed by atoms with Crippen LogP contribution >= 0.6 is 0 Å². The fraction of sp³-hybridized carbons (Fsp3) is 0.500. The quantitative estimate of drug-likeness (QED) is 0.842. The molecule has 2 N–H and O–H groups in total. The number of hydrogen-bond acceptors (Lipinski definition) is 3. The summed E-state index contributed by atoms with van der Waals surface area (Å²) in [6.45, 7) is 1.35. The second kappa shape index (κ2) is 7.89. The molecular formula is C16H21FN2O3. The number of aliphatic hydroxyl groups is 1. The van der Waals surface area contributed by atoms with Crippen LogP contribution in [-0.4, -0.2) is 48.1 Å². The summed E-state index contributed by atoms with van der Waals surface area (Å²) in [5.41, 5.74) is 0.578. The number of benzene rings is 1. The molecule has 1 heterocycles. The summed E-state index contributed by atoms with van der Waals surface area (Å²) in [4.78, 5) is 25.5. The van der Waals surface area contributed by atoms with Crippen LogP contribution in [0.15, 0.2) is 24.3 Å². The lowest BCUT2D eigenvalue weighted by atomic mass is 9.98. The number of amides is 2. The van der Waals surface area contributed by atoms with Crippen LogP contribution in [0, 0.1) is 11.7 Å². The van der Waals surface area contributed by atoms with Crippen molar-refractivity contribution in [3.05, 3.63) is 35.6 Å². The van der Waals surface area contributed by atoms with Crippen molar-refractivity contribution in [3.63, 3.8) is 0 Å². The minimum absolute atomic E-state index is 0.0437. The molecule has 0 atom stereocenters. The van der Waals surface area contributed by atoms with Gasteiger partial charge in [-0.1, -0.05) is 12.1 Å². The van der Waals surface area contributed by atoms with Crippen molar-refractivity contribution in [2.45, 2.75) is 19.3 Å². The molecule has 2 amide bonds. The van der Waals surface area contributed by atoms with Crippen LogP contribution in [0.5, 0.6) is 0 Å². The van der Waals surface area contributed by atoms with Crippen LogP contribution in [-0.2, 0) is 16.0 Å². The number of hydrogen-bond donors (Lipinski definition) is 2. The molecule has 120 valence electrons. The zero-order valence-corrected chi connectivity index (χ0v) is 12.4. The van der Waals surface area contributed by atoms with Crippen LogP contribution in [0.4, 0.5) is 4.39 Å². The standard InChI is InChI=1S/C16H21FN2O3/c17-14-3-1-2-13(8-14)9-15(21)18-10-16(22)19-6-4-12(11-20)5-7-19/h1-3,8,12,20H,4-7,9-11H2,(H,18,21). The number of likely N-dealkylation sites (tertiary alicyclic amines) is 1. The zero-order valence-electron chi connectivity index (χ0n) is 12.4. The van der Waals surface area contributed by atoms with Gasteiger partial charge in [-0.25, -0.2) is 4.39 Å². The highest BCUT2D eigenvalue weighted by molar-refractivity contribution is 5.85. The molecule has 1 aromatic rings. The molecule has 0 aliphatic carbocycles. The maximum Gasteiger partial charge on any atom is 0.241 e. The van der Waals surface area contributed by atoms with Gasteiger partial charge in [-0.05, 0) is 36.5 Å². The number of piperidine rings is 1. The van der Waals surface area contributed by atoms with Gasteiger partial charge >= 0.3 is 0 Å². The second-order valence-corrected chi connectivity index (χ2v) is 5.59. The van der Waals surface area contributed by atoms with Gasteiger partial charge in [-0.3, -0.25) is 9.59 Å². The van der Waals surface area contributed by atoms with Gasteiger partial charge in [-0.15, -0.1) is 0 Å². The highest BCUT2D eigenvalue weighted by atomic mass is 19.1. The lowest BCUT2D eigenvalue weighted by molar-refractivity contribution is -0.134. The molecule has 0 radical (unpaired) electrons. The van der Waals surface area contributed by atoms with E-state index in [-0.39, 0.29) is 43.1 Å². The first-order valence-electron chi connectivity index (χ1n) is 7.48. The van der Waals surface area contributed by atoms with Crippen LogP contribution < -0.4 is 5.32 Å². The Bertz CT molecular complexity index is 528. The molecule has 1 aliphatic heterocycles. The molecule has 0 unspecified atom stereocenters. The van der Waals surface area contributed by atoms with E-state index < -0.39 is 0 Å². The Kier molecular flexibility index (Phi) is 5.89. The topological polar surface area (TPSA) is 69.6 Å². The van der Waals surface area contributed by atoms with Crippen LogP contribution in [0.1, 0.15) is 18.4 Å². The van der Waals surface area contributed by atoms with E-state index in [9.17, 15) is 14.0 Å². The van der Waals surface area contributed by atoms with E-state index >= 15 is 0 Å². The number of nitrogens with one attached hydrogen (secondary N) is 1. The van der Waals surface area contributed by atoms with E-state index in [0.29, 0.717) is 18.7 Å². The van der Waals surface area contributed by atoms with Crippen LogP contribution in [0.2, 0.25) is 0 Å². The van der Waals surface area contributed by atoms with Crippen molar-refractivity contribution >= 4 is 11.8 Å². The van der Waals surface area contributed by atoms with E-state index in [1.807, 2.05) is 0 Å². The molecule has 1 fully saturated rings. The van der Waals surface area contributed by atoms with Crippen molar-refractivity contribution in [1.29, 1.82) is 0 Å². The summed E-state index contributed by atoms with van der Waals surface area (Å²) in [5.74, 6) is -0.534. The predicted molar refractivity (Wildman–Crippen MR) is 79.5 cm³/mol. The summed E-state index contributed by atoms with van der Waals surface area (Å²) in [6.07, 6.45) is 1.64. The Labute approximate surface area is 129 Å². The first-order valence-corrected chi connectivity index (χ1v) is 7.48. The average molecular weight is 308 g/mol. The minimum atomic E-state index is -0.381. The van der Waals surface area contributed by atoms with Gasteiger partial charge in [-0.2, -0.15) is 0 Å². The first kappa shape index (κ1) is 16.4. The highest BCUT2D eigenvalue weighted by Gasteiger charge is 2.22. The van der Waals surface area contributed by atoms with Gasteiger partial charge in [0.05, 0.1) is 13.0 Å². The monoisotopic (exact) mass is 308 g/mol. The molecule has 5 nitrogen and oxygen atoms in total. The van der Waals surface area contributed by atoms with Gasteiger partial charge in [0.15, 0.2) is 0 Å². The Hall–Kier alpha value is -1.95. The summed E-state index contributed by atoms with van der Waals surface area (Å²) in [7, 11) is 0. The number of rotatable bonds is 5. The molecular weight excluding hydrogens is 287 g/mol. The van der Waals surface area contributed by atoms with Crippen molar-refractivity contribution < 1.29 is 19.1 Å². The molecule has 0 spiro atoms. The molecule has 22 heavy (non-hydrogen) atoms. The fourth-order valence-corrected chi connectivity index (χ4v) is 2.55. The van der Waals surface area contributed by atoms with Gasteiger partial charge in [0, 0.05) is 19.7 Å². The molecule has 1 saturated heterocycles. The van der Waals surface area contributed by atoms with Gasteiger partial charge in [0.2, 0.25) is 11.8 Å². The third-order valence-electron chi connectivity index (χ3n) is 3.92. The van der Waals surface area contributed by atoms with Crippen molar-refractivity contribution in [2.75, 3.05) is 26.2 Å². The Morgan fingerprint density at radius 2 is 2.05 bits per heavy atom. The highest BCUT2D eigenvalue weighted by Crippen LogP contribution is 2.16. The molecule has 1 aliphatic rings. The van der Waals surface area contributed by atoms with Crippen LogP contribution in [0.25, 0.3) is 0 Å². The third-order valence-corrected chi connectivity index (χ3v) is 3.92. The Morgan fingerprint density at radius 3 is 2.68 bits per heavy atom. The van der Waals surface area contributed by atoms with E-state index in [1.165, 1.54) is 12.1 Å². The molecule has 1 aromatic carbocycles. The summed E-state index contributed by atoms with van der Waals surface area (Å²) >= 11 is 0. The summed E-state index contributed by atoms with van der Waals surface area (Å²) < 4.78 is 13.0. The number of aliphatic hydroxyl groups excluding tert-OH is 1. The molecule has 6 heteroatoms. The van der Waals surface area contributed by atoms with Crippen molar-refractivity contribution in [3.8, 4) is 0 Å². The van der Waals surface area contributed by atoms with Gasteiger partial charge in [0.25, 0.3) is 0 Å². The molecule has 0 aromatic heterocycles. The molecule has 0 saturated carbocycles. The SMILES string of the molecule is O=C(Cc1cccc(F)c1)NCC(=O)N1CCC(CO)CC1. The number of nitrogens with zero attached hydrogens (tertiary/aromatic N) is 1. The maximum atomic E-state index is 13.0. The van der Waals surface area contributed by atoms with E-state index in [4.69, 9.17) is 5.11 Å². The lowest BCUT2D eigenvalue weighted by Gasteiger charge is -2.31. The lowest BCUT2D eigenvalue weighted by Crippen LogP contribution is -2.44. The number of carbonyl (C=O) groups excluding carboxylic acids is 2. The van der Waals surface area contributed by atoms with Crippen LogP contribution in [0.3, 0.4) is 0 Å². The number of carbonyl (C=O) groups is 2. The molecule has 0 bridgehead atoms.